The standard InChI is InChI=1S/C28H20N2O/c31-27-7-1-6-26(22-12-8-20(9-13-22)24-4-2-16-29-18-24)28(27)23-14-10-21(11-15-23)25-5-3-17-30-19-25/h1-19,31H. The fraction of sp³-hybridized carbons (Fsp3) is 0. The molecule has 0 aliphatic heterocycles. The van der Waals surface area contributed by atoms with Gasteiger partial charge in [-0.2, -0.15) is 0 Å². The summed E-state index contributed by atoms with van der Waals surface area (Å²) >= 11 is 0. The third-order valence-electron chi connectivity index (χ3n) is 5.40. The Morgan fingerprint density at radius 1 is 0.452 bits per heavy atom. The van der Waals surface area contributed by atoms with Crippen molar-refractivity contribution in [3.63, 3.8) is 0 Å². The van der Waals surface area contributed by atoms with E-state index in [1.54, 1.807) is 18.5 Å². The number of phenols is 1. The molecule has 0 fully saturated rings. The van der Waals surface area contributed by atoms with Gasteiger partial charge in [-0.3, -0.25) is 9.97 Å². The van der Waals surface area contributed by atoms with E-state index >= 15 is 0 Å². The molecule has 148 valence electrons. The van der Waals surface area contributed by atoms with Crippen LogP contribution in [0, 0.1) is 0 Å². The van der Waals surface area contributed by atoms with Crippen LogP contribution in [0.2, 0.25) is 0 Å². The Balaban J connectivity index is 1.53. The van der Waals surface area contributed by atoms with Crippen molar-refractivity contribution < 1.29 is 5.11 Å². The van der Waals surface area contributed by atoms with E-state index in [0.717, 1.165) is 44.5 Å². The lowest BCUT2D eigenvalue weighted by Gasteiger charge is -2.13. The molecule has 5 rings (SSSR count). The molecule has 5 aromatic rings. The minimum absolute atomic E-state index is 0.267. The zero-order chi connectivity index (χ0) is 21.0. The molecular weight excluding hydrogens is 380 g/mol. The smallest absolute Gasteiger partial charge is 0.124 e. The van der Waals surface area contributed by atoms with E-state index in [2.05, 4.69) is 46.4 Å². The number of aromatic hydroxyl groups is 1. The zero-order valence-electron chi connectivity index (χ0n) is 16.8. The number of nitrogens with zero attached hydrogens (tertiary/aromatic N) is 2. The number of rotatable bonds is 4. The molecule has 3 heteroatoms. The third-order valence-corrected chi connectivity index (χ3v) is 5.40. The highest BCUT2D eigenvalue weighted by atomic mass is 16.3. The van der Waals surface area contributed by atoms with Crippen LogP contribution in [0.25, 0.3) is 44.5 Å². The van der Waals surface area contributed by atoms with Crippen molar-refractivity contribution >= 4 is 0 Å². The second kappa shape index (κ2) is 8.25. The molecule has 3 aromatic carbocycles. The van der Waals surface area contributed by atoms with Crippen LogP contribution in [-0.4, -0.2) is 15.1 Å². The average Bonchev–Trinajstić information content (AvgIpc) is 2.85. The van der Waals surface area contributed by atoms with E-state index in [9.17, 15) is 5.11 Å². The molecule has 0 saturated carbocycles. The molecule has 31 heavy (non-hydrogen) atoms. The normalized spacial score (nSPS) is 10.7. The second-order valence-corrected chi connectivity index (χ2v) is 7.34. The van der Waals surface area contributed by atoms with Gasteiger partial charge in [-0.1, -0.05) is 72.8 Å². The summed E-state index contributed by atoms with van der Waals surface area (Å²) in [6.45, 7) is 0. The molecule has 2 aromatic heterocycles. The van der Waals surface area contributed by atoms with Crippen LogP contribution in [0.1, 0.15) is 0 Å². The summed E-state index contributed by atoms with van der Waals surface area (Å²) < 4.78 is 0. The van der Waals surface area contributed by atoms with Crippen LogP contribution in [0.5, 0.6) is 5.75 Å². The van der Waals surface area contributed by atoms with Gasteiger partial charge >= 0.3 is 0 Å². The van der Waals surface area contributed by atoms with E-state index < -0.39 is 0 Å². The minimum atomic E-state index is 0.267. The fourth-order valence-corrected chi connectivity index (χ4v) is 3.82. The first-order chi connectivity index (χ1) is 15.3. The van der Waals surface area contributed by atoms with E-state index in [4.69, 9.17) is 0 Å². The Kier molecular flexibility index (Phi) is 4.99. The Bertz CT molecular complexity index is 1300. The molecule has 2 heterocycles. The van der Waals surface area contributed by atoms with Gasteiger partial charge in [0.15, 0.2) is 0 Å². The number of hydrogen-bond donors (Lipinski definition) is 1. The summed E-state index contributed by atoms with van der Waals surface area (Å²) in [5, 5.41) is 10.7. The number of benzene rings is 3. The van der Waals surface area contributed by atoms with Crippen LogP contribution in [0.15, 0.2) is 116 Å². The van der Waals surface area contributed by atoms with E-state index in [1.165, 1.54) is 0 Å². The molecule has 0 saturated heterocycles. The van der Waals surface area contributed by atoms with Crippen molar-refractivity contribution in [2.75, 3.05) is 0 Å². The van der Waals surface area contributed by atoms with Crippen molar-refractivity contribution in [2.45, 2.75) is 0 Å². The Labute approximate surface area is 181 Å². The van der Waals surface area contributed by atoms with Gasteiger partial charge in [0, 0.05) is 30.4 Å². The summed E-state index contributed by atoms with van der Waals surface area (Å²) in [7, 11) is 0. The van der Waals surface area contributed by atoms with E-state index in [1.807, 2.05) is 60.9 Å². The van der Waals surface area contributed by atoms with Crippen molar-refractivity contribution in [3.8, 4) is 50.3 Å². The largest absolute Gasteiger partial charge is 0.507 e. The number of pyridine rings is 2. The Morgan fingerprint density at radius 2 is 0.968 bits per heavy atom. The summed E-state index contributed by atoms with van der Waals surface area (Å²) in [5.74, 6) is 0.267. The maximum absolute atomic E-state index is 10.7. The lowest BCUT2D eigenvalue weighted by Crippen LogP contribution is -1.88. The van der Waals surface area contributed by atoms with Crippen molar-refractivity contribution in [2.24, 2.45) is 0 Å². The summed E-state index contributed by atoms with van der Waals surface area (Å²) in [6.07, 6.45) is 7.25. The van der Waals surface area contributed by atoms with Crippen LogP contribution in [0.4, 0.5) is 0 Å². The van der Waals surface area contributed by atoms with Gasteiger partial charge in [0.25, 0.3) is 0 Å². The Hall–Kier alpha value is -4.24. The molecule has 0 bridgehead atoms. The van der Waals surface area contributed by atoms with Crippen LogP contribution in [-0.2, 0) is 0 Å². The molecule has 0 unspecified atom stereocenters. The molecule has 0 amide bonds. The van der Waals surface area contributed by atoms with Gasteiger partial charge in [-0.15, -0.1) is 0 Å². The molecule has 1 N–H and O–H groups in total. The topological polar surface area (TPSA) is 46.0 Å². The molecule has 0 aliphatic carbocycles. The van der Waals surface area contributed by atoms with Gasteiger partial charge in [0.1, 0.15) is 5.75 Å². The Morgan fingerprint density at radius 3 is 1.48 bits per heavy atom. The lowest BCUT2D eigenvalue weighted by molar-refractivity contribution is 0.477. The molecule has 0 atom stereocenters. The maximum atomic E-state index is 10.7. The summed E-state index contributed by atoms with van der Waals surface area (Å²) in [5.41, 5.74) is 8.19. The van der Waals surface area contributed by atoms with Crippen molar-refractivity contribution in [3.05, 3.63) is 116 Å². The van der Waals surface area contributed by atoms with Gasteiger partial charge in [0.2, 0.25) is 0 Å². The van der Waals surface area contributed by atoms with Gasteiger partial charge in [-0.05, 0) is 57.1 Å². The van der Waals surface area contributed by atoms with Crippen LogP contribution >= 0.6 is 0 Å². The molecular formula is C28H20N2O. The zero-order valence-corrected chi connectivity index (χ0v) is 16.8. The number of phenolic OH excluding ortho intramolecular Hbond substituents is 1. The quantitative estimate of drug-likeness (QED) is 0.359. The lowest BCUT2D eigenvalue weighted by atomic mass is 9.92. The second-order valence-electron chi connectivity index (χ2n) is 7.34. The molecule has 0 spiro atoms. The fourth-order valence-electron chi connectivity index (χ4n) is 3.82. The highest BCUT2D eigenvalue weighted by Crippen LogP contribution is 2.39. The highest BCUT2D eigenvalue weighted by Gasteiger charge is 2.13. The maximum Gasteiger partial charge on any atom is 0.124 e. The SMILES string of the molecule is Oc1cccc(-c2ccc(-c3cccnc3)cc2)c1-c1ccc(-c2cccnc2)cc1. The van der Waals surface area contributed by atoms with Crippen molar-refractivity contribution in [1.29, 1.82) is 0 Å². The van der Waals surface area contributed by atoms with E-state index in [0.29, 0.717) is 0 Å². The third kappa shape index (κ3) is 3.81. The average molecular weight is 400 g/mol. The van der Waals surface area contributed by atoms with Crippen LogP contribution < -0.4 is 0 Å². The van der Waals surface area contributed by atoms with Gasteiger partial charge in [0.05, 0.1) is 0 Å². The van der Waals surface area contributed by atoms with Gasteiger partial charge in [-0.25, -0.2) is 0 Å². The number of hydrogen-bond acceptors (Lipinski definition) is 3. The predicted molar refractivity (Wildman–Crippen MR) is 125 cm³/mol. The predicted octanol–water partition coefficient (Wildman–Crippen LogP) is 6.85. The van der Waals surface area contributed by atoms with E-state index in [-0.39, 0.29) is 5.75 Å². The summed E-state index contributed by atoms with van der Waals surface area (Å²) in [4.78, 5) is 8.39. The molecule has 0 aliphatic rings. The molecule has 3 nitrogen and oxygen atoms in total. The first-order valence-electron chi connectivity index (χ1n) is 10.1. The monoisotopic (exact) mass is 400 g/mol. The van der Waals surface area contributed by atoms with Gasteiger partial charge < -0.3 is 5.11 Å². The highest BCUT2D eigenvalue weighted by molar-refractivity contribution is 5.88. The number of aromatic nitrogens is 2. The first-order valence-corrected chi connectivity index (χ1v) is 10.1. The van der Waals surface area contributed by atoms with Crippen molar-refractivity contribution in [1.82, 2.24) is 9.97 Å². The first kappa shape index (κ1) is 18.8. The van der Waals surface area contributed by atoms with Crippen LogP contribution in [0.3, 0.4) is 0 Å². The minimum Gasteiger partial charge on any atom is -0.507 e. The summed E-state index contributed by atoms with van der Waals surface area (Å²) in [6, 6.07) is 30.2. The molecule has 0 radical (unpaired) electrons.